The van der Waals surface area contributed by atoms with Crippen molar-refractivity contribution in [3.63, 3.8) is 0 Å². The third-order valence-corrected chi connectivity index (χ3v) is 4.50. The van der Waals surface area contributed by atoms with E-state index in [0.29, 0.717) is 12.2 Å². The predicted octanol–water partition coefficient (Wildman–Crippen LogP) is 2.80. The van der Waals surface area contributed by atoms with E-state index in [0.717, 1.165) is 31.8 Å². The van der Waals surface area contributed by atoms with E-state index in [9.17, 15) is 4.79 Å². The monoisotopic (exact) mass is 354 g/mol. The molecule has 3 rings (SSSR count). The van der Waals surface area contributed by atoms with Crippen LogP contribution in [0.2, 0.25) is 0 Å². The Morgan fingerprint density at radius 1 is 1.27 bits per heavy atom. The molecule has 138 valence electrons. The number of hydrogen-bond acceptors (Lipinski definition) is 5. The average molecular weight is 354 g/mol. The van der Waals surface area contributed by atoms with Gasteiger partial charge in [-0.15, -0.1) is 0 Å². The summed E-state index contributed by atoms with van der Waals surface area (Å²) < 4.78 is 5.52. The van der Waals surface area contributed by atoms with Crippen LogP contribution in [0.15, 0.2) is 42.7 Å². The van der Waals surface area contributed by atoms with Crippen molar-refractivity contribution in [2.45, 2.75) is 45.4 Å². The number of nitrogens with zero attached hydrogens (tertiary/aromatic N) is 3. The maximum Gasteiger partial charge on any atom is 0.271 e. The largest absolute Gasteiger partial charge is 0.376 e. The van der Waals surface area contributed by atoms with Crippen LogP contribution >= 0.6 is 0 Å². The molecule has 1 saturated heterocycles. The molecule has 1 amide bonds. The fraction of sp³-hybridized carbons (Fsp3) is 0.450. The summed E-state index contributed by atoms with van der Waals surface area (Å²) in [4.78, 5) is 23.2. The highest BCUT2D eigenvalue weighted by molar-refractivity contribution is 5.92. The highest BCUT2D eigenvalue weighted by Crippen LogP contribution is 2.17. The third-order valence-electron chi connectivity index (χ3n) is 4.50. The van der Waals surface area contributed by atoms with Crippen molar-refractivity contribution in [3.8, 4) is 0 Å². The van der Waals surface area contributed by atoms with Gasteiger partial charge in [-0.1, -0.05) is 30.3 Å². The molecule has 2 aromatic rings. The van der Waals surface area contributed by atoms with Gasteiger partial charge in [0, 0.05) is 25.7 Å². The highest BCUT2D eigenvalue weighted by atomic mass is 16.5. The molecule has 0 radical (unpaired) electrons. The van der Waals surface area contributed by atoms with Gasteiger partial charge in [0.15, 0.2) is 0 Å². The normalized spacial score (nSPS) is 16.7. The number of carbonyl (C=O) groups is 1. The zero-order valence-electron chi connectivity index (χ0n) is 15.4. The van der Waals surface area contributed by atoms with Crippen molar-refractivity contribution in [2.75, 3.05) is 18.1 Å². The molecule has 0 bridgehead atoms. The van der Waals surface area contributed by atoms with Gasteiger partial charge >= 0.3 is 0 Å². The summed E-state index contributed by atoms with van der Waals surface area (Å²) in [6.07, 6.45) is 5.38. The molecule has 1 unspecified atom stereocenters. The van der Waals surface area contributed by atoms with Gasteiger partial charge in [-0.05, 0) is 32.3 Å². The van der Waals surface area contributed by atoms with E-state index in [1.54, 1.807) is 12.4 Å². The zero-order valence-corrected chi connectivity index (χ0v) is 15.4. The van der Waals surface area contributed by atoms with Crippen LogP contribution in [0.1, 0.15) is 42.7 Å². The Morgan fingerprint density at radius 3 is 2.69 bits per heavy atom. The zero-order chi connectivity index (χ0) is 18.4. The minimum Gasteiger partial charge on any atom is -0.376 e. The molecule has 1 aliphatic rings. The molecule has 1 aromatic carbocycles. The van der Waals surface area contributed by atoms with Crippen molar-refractivity contribution in [2.24, 2.45) is 0 Å². The lowest BCUT2D eigenvalue weighted by atomic mass is 10.2. The number of hydrogen-bond donors (Lipinski definition) is 1. The summed E-state index contributed by atoms with van der Waals surface area (Å²) in [7, 11) is 0. The third kappa shape index (κ3) is 4.79. The molecule has 0 spiro atoms. The first kappa shape index (κ1) is 18.3. The maximum absolute atomic E-state index is 12.2. The second-order valence-electron chi connectivity index (χ2n) is 6.81. The summed E-state index contributed by atoms with van der Waals surface area (Å²) in [5.74, 6) is 0.554. The number of anilines is 1. The van der Waals surface area contributed by atoms with Crippen molar-refractivity contribution >= 4 is 11.7 Å². The minimum absolute atomic E-state index is 0.119. The number of ether oxygens (including phenoxy) is 1. The highest BCUT2D eigenvalue weighted by Gasteiger charge is 2.18. The van der Waals surface area contributed by atoms with Crippen LogP contribution < -0.4 is 10.2 Å². The Labute approximate surface area is 154 Å². The Morgan fingerprint density at radius 2 is 2.08 bits per heavy atom. The Hall–Kier alpha value is -2.47. The standard InChI is InChI=1S/C20H26N4O2/c1-15(2)24(14-16-7-4-3-5-8-16)19-13-21-18(12-22-19)20(25)23-11-17-9-6-10-26-17/h3-5,7-8,12-13,15,17H,6,9-11,14H2,1-2H3,(H,23,25). The fourth-order valence-electron chi connectivity index (χ4n) is 3.00. The number of benzene rings is 1. The summed E-state index contributed by atoms with van der Waals surface area (Å²) in [6, 6.07) is 10.5. The van der Waals surface area contributed by atoms with Crippen LogP contribution in [0.5, 0.6) is 0 Å². The molecule has 1 N–H and O–H groups in total. The van der Waals surface area contributed by atoms with Crippen molar-refractivity contribution in [1.29, 1.82) is 0 Å². The number of amides is 1. The van der Waals surface area contributed by atoms with Crippen LogP contribution in [-0.4, -0.2) is 41.2 Å². The van der Waals surface area contributed by atoms with E-state index in [1.807, 2.05) is 18.2 Å². The van der Waals surface area contributed by atoms with Gasteiger partial charge in [0.2, 0.25) is 0 Å². The van der Waals surface area contributed by atoms with Gasteiger partial charge in [0.05, 0.1) is 18.5 Å². The first-order valence-corrected chi connectivity index (χ1v) is 9.16. The van der Waals surface area contributed by atoms with Crippen molar-refractivity contribution in [1.82, 2.24) is 15.3 Å². The molecular formula is C20H26N4O2. The SMILES string of the molecule is CC(C)N(Cc1ccccc1)c1cnc(C(=O)NCC2CCCO2)cn1. The molecule has 6 nitrogen and oxygen atoms in total. The average Bonchev–Trinajstić information content (AvgIpc) is 3.18. The summed E-state index contributed by atoms with van der Waals surface area (Å²) in [5.41, 5.74) is 1.54. The van der Waals surface area contributed by atoms with Crippen molar-refractivity contribution < 1.29 is 9.53 Å². The predicted molar refractivity (Wildman–Crippen MR) is 101 cm³/mol. The van der Waals surface area contributed by atoms with E-state index >= 15 is 0 Å². The first-order valence-electron chi connectivity index (χ1n) is 9.16. The van der Waals surface area contributed by atoms with Gasteiger partial charge < -0.3 is 15.0 Å². The Balaban J connectivity index is 1.63. The maximum atomic E-state index is 12.2. The van der Waals surface area contributed by atoms with Gasteiger partial charge in [0.25, 0.3) is 5.91 Å². The summed E-state index contributed by atoms with van der Waals surface area (Å²) >= 11 is 0. The number of aromatic nitrogens is 2. The molecule has 1 fully saturated rings. The fourth-order valence-corrected chi connectivity index (χ4v) is 3.00. The molecular weight excluding hydrogens is 328 g/mol. The quantitative estimate of drug-likeness (QED) is 0.828. The van der Waals surface area contributed by atoms with Crippen LogP contribution in [0.25, 0.3) is 0 Å². The van der Waals surface area contributed by atoms with E-state index in [4.69, 9.17) is 4.74 Å². The molecule has 0 aliphatic carbocycles. The molecule has 26 heavy (non-hydrogen) atoms. The van der Waals surface area contributed by atoms with Gasteiger partial charge in [-0.2, -0.15) is 0 Å². The Bertz CT molecular complexity index is 698. The number of carbonyl (C=O) groups excluding carboxylic acids is 1. The second-order valence-corrected chi connectivity index (χ2v) is 6.81. The lowest BCUT2D eigenvalue weighted by Crippen LogP contribution is -2.33. The molecule has 2 heterocycles. The lowest BCUT2D eigenvalue weighted by Gasteiger charge is -2.27. The minimum atomic E-state index is -0.210. The van der Waals surface area contributed by atoms with E-state index in [2.05, 4.69) is 46.2 Å². The van der Waals surface area contributed by atoms with E-state index in [-0.39, 0.29) is 18.1 Å². The van der Waals surface area contributed by atoms with Crippen LogP contribution in [-0.2, 0) is 11.3 Å². The lowest BCUT2D eigenvalue weighted by molar-refractivity contribution is 0.0853. The molecule has 1 aromatic heterocycles. The van der Waals surface area contributed by atoms with Gasteiger partial charge in [-0.3, -0.25) is 4.79 Å². The van der Waals surface area contributed by atoms with Crippen LogP contribution in [0.4, 0.5) is 5.82 Å². The van der Waals surface area contributed by atoms with E-state index in [1.165, 1.54) is 5.56 Å². The van der Waals surface area contributed by atoms with Crippen LogP contribution in [0, 0.1) is 0 Å². The van der Waals surface area contributed by atoms with Crippen LogP contribution in [0.3, 0.4) is 0 Å². The first-order chi connectivity index (χ1) is 12.6. The molecule has 0 saturated carbocycles. The Kier molecular flexibility index (Phi) is 6.17. The molecule has 1 atom stereocenters. The van der Waals surface area contributed by atoms with Crippen molar-refractivity contribution in [3.05, 3.63) is 54.0 Å². The second kappa shape index (κ2) is 8.76. The number of nitrogens with one attached hydrogen (secondary N) is 1. The number of rotatable bonds is 7. The van der Waals surface area contributed by atoms with E-state index < -0.39 is 0 Å². The van der Waals surface area contributed by atoms with Gasteiger partial charge in [0.1, 0.15) is 11.5 Å². The smallest absolute Gasteiger partial charge is 0.271 e. The molecule has 1 aliphatic heterocycles. The van der Waals surface area contributed by atoms with Gasteiger partial charge in [-0.25, -0.2) is 9.97 Å². The molecule has 6 heteroatoms. The summed E-state index contributed by atoms with van der Waals surface area (Å²) in [5, 5.41) is 2.87. The summed E-state index contributed by atoms with van der Waals surface area (Å²) in [6.45, 7) is 6.29. The topological polar surface area (TPSA) is 67.4 Å².